The highest BCUT2D eigenvalue weighted by Crippen LogP contribution is 2.26. The quantitative estimate of drug-likeness (QED) is 0.569. The van der Waals surface area contributed by atoms with Crippen LogP contribution in [0.5, 0.6) is 5.75 Å². The van der Waals surface area contributed by atoms with Gasteiger partial charge in [0.2, 0.25) is 0 Å². The highest BCUT2D eigenvalue weighted by atomic mass is 32.1. The SMILES string of the molecule is Cc1cc(S)cc(COP)c1O. The first-order valence-corrected chi connectivity index (χ1v) is 4.40. The van der Waals surface area contributed by atoms with Crippen molar-refractivity contribution in [3.8, 4) is 5.75 Å². The molecule has 0 aromatic heterocycles. The fourth-order valence-electron chi connectivity index (χ4n) is 1.03. The molecule has 4 heteroatoms. The third kappa shape index (κ3) is 2.13. The minimum Gasteiger partial charge on any atom is -0.507 e. The van der Waals surface area contributed by atoms with E-state index >= 15 is 0 Å². The van der Waals surface area contributed by atoms with Crippen molar-refractivity contribution in [1.29, 1.82) is 0 Å². The van der Waals surface area contributed by atoms with Gasteiger partial charge in [-0.05, 0) is 24.6 Å². The zero-order valence-electron chi connectivity index (χ0n) is 6.74. The lowest BCUT2D eigenvalue weighted by Gasteiger charge is -2.06. The maximum Gasteiger partial charge on any atom is 0.124 e. The first kappa shape index (κ1) is 9.85. The van der Waals surface area contributed by atoms with Gasteiger partial charge in [0.1, 0.15) is 5.75 Å². The molecular weight excluding hydrogens is 191 g/mol. The molecule has 0 radical (unpaired) electrons. The lowest BCUT2D eigenvalue weighted by molar-refractivity contribution is 0.348. The number of aromatic hydroxyl groups is 1. The summed E-state index contributed by atoms with van der Waals surface area (Å²) < 4.78 is 4.84. The molecule has 0 bridgehead atoms. The molecule has 1 aromatic rings. The smallest absolute Gasteiger partial charge is 0.124 e. The average molecular weight is 202 g/mol. The Kier molecular flexibility index (Phi) is 3.39. The number of phenolic OH excluding ortho intramolecular Hbond substituents is 1. The molecule has 0 aliphatic rings. The van der Waals surface area contributed by atoms with Gasteiger partial charge in [-0.25, -0.2) is 0 Å². The second kappa shape index (κ2) is 4.13. The summed E-state index contributed by atoms with van der Waals surface area (Å²) >= 11 is 4.19. The molecule has 0 saturated carbocycles. The van der Waals surface area contributed by atoms with E-state index in [1.54, 1.807) is 6.07 Å². The van der Waals surface area contributed by atoms with Crippen molar-refractivity contribution in [3.05, 3.63) is 23.3 Å². The molecule has 0 saturated heterocycles. The first-order valence-electron chi connectivity index (χ1n) is 3.48. The number of thiol groups is 1. The zero-order chi connectivity index (χ0) is 9.14. The maximum absolute atomic E-state index is 9.53. The van der Waals surface area contributed by atoms with E-state index < -0.39 is 0 Å². The maximum atomic E-state index is 9.53. The van der Waals surface area contributed by atoms with Crippen molar-refractivity contribution in [2.24, 2.45) is 0 Å². The Hall–Kier alpha value is -0.240. The van der Waals surface area contributed by atoms with Crippen LogP contribution in [0.25, 0.3) is 0 Å². The Balaban J connectivity index is 3.09. The Morgan fingerprint density at radius 2 is 2.25 bits per heavy atom. The van der Waals surface area contributed by atoms with Gasteiger partial charge in [-0.3, -0.25) is 0 Å². The van der Waals surface area contributed by atoms with Gasteiger partial charge in [0.15, 0.2) is 0 Å². The topological polar surface area (TPSA) is 29.5 Å². The summed E-state index contributed by atoms with van der Waals surface area (Å²) in [5, 5.41) is 9.53. The Labute approximate surface area is 79.6 Å². The molecule has 0 aliphatic heterocycles. The van der Waals surface area contributed by atoms with Crippen LogP contribution in [0.2, 0.25) is 0 Å². The van der Waals surface area contributed by atoms with Crippen molar-refractivity contribution >= 4 is 22.1 Å². The van der Waals surface area contributed by atoms with Gasteiger partial charge in [0.05, 0.1) is 6.61 Å². The standard InChI is InChI=1S/C8H11O2PS/c1-5-2-7(12)3-6(4-10-11)8(5)9/h2-3,9,12H,4,11H2,1H3. The second-order valence-corrected chi connectivity index (χ2v) is 3.43. The summed E-state index contributed by atoms with van der Waals surface area (Å²) in [5.41, 5.74) is 1.58. The summed E-state index contributed by atoms with van der Waals surface area (Å²) in [6, 6.07) is 3.60. The highest BCUT2D eigenvalue weighted by molar-refractivity contribution is 7.80. The van der Waals surface area contributed by atoms with Gasteiger partial charge in [0, 0.05) is 19.9 Å². The van der Waals surface area contributed by atoms with Gasteiger partial charge in [-0.1, -0.05) is 0 Å². The van der Waals surface area contributed by atoms with E-state index in [4.69, 9.17) is 4.52 Å². The molecule has 1 atom stereocenters. The van der Waals surface area contributed by atoms with Crippen LogP contribution in [0.15, 0.2) is 17.0 Å². The number of phenols is 1. The van der Waals surface area contributed by atoms with E-state index in [1.165, 1.54) is 0 Å². The largest absolute Gasteiger partial charge is 0.507 e. The van der Waals surface area contributed by atoms with Gasteiger partial charge >= 0.3 is 0 Å². The molecule has 12 heavy (non-hydrogen) atoms. The van der Waals surface area contributed by atoms with Crippen molar-refractivity contribution in [1.82, 2.24) is 0 Å². The van der Waals surface area contributed by atoms with Crippen LogP contribution in [-0.4, -0.2) is 5.11 Å². The molecule has 0 amide bonds. The number of aryl methyl sites for hydroxylation is 1. The average Bonchev–Trinajstić information content (AvgIpc) is 2.00. The van der Waals surface area contributed by atoms with E-state index in [0.717, 1.165) is 16.0 Å². The molecule has 2 nitrogen and oxygen atoms in total. The molecule has 66 valence electrons. The van der Waals surface area contributed by atoms with Crippen LogP contribution in [0.3, 0.4) is 0 Å². The van der Waals surface area contributed by atoms with Crippen LogP contribution in [0, 0.1) is 6.92 Å². The third-order valence-electron chi connectivity index (χ3n) is 1.60. The fourth-order valence-corrected chi connectivity index (χ4v) is 1.56. The number of hydrogen-bond donors (Lipinski definition) is 2. The van der Waals surface area contributed by atoms with E-state index in [2.05, 4.69) is 22.1 Å². The Morgan fingerprint density at radius 3 is 2.83 bits per heavy atom. The zero-order valence-corrected chi connectivity index (χ0v) is 8.79. The van der Waals surface area contributed by atoms with Crippen LogP contribution < -0.4 is 0 Å². The minimum absolute atomic E-state index is 0.287. The molecule has 1 aromatic carbocycles. The highest BCUT2D eigenvalue weighted by Gasteiger charge is 2.04. The van der Waals surface area contributed by atoms with Gasteiger partial charge < -0.3 is 9.63 Å². The molecule has 0 spiro atoms. The molecular formula is C8H11O2PS. The summed E-state index contributed by atoms with van der Waals surface area (Å²) in [5.74, 6) is 0.287. The van der Waals surface area contributed by atoms with Gasteiger partial charge in [0.25, 0.3) is 0 Å². The predicted molar refractivity (Wildman–Crippen MR) is 54.6 cm³/mol. The molecule has 1 rings (SSSR count). The van der Waals surface area contributed by atoms with Crippen LogP contribution in [0.1, 0.15) is 11.1 Å². The van der Waals surface area contributed by atoms with Gasteiger partial charge in [-0.15, -0.1) is 12.6 Å². The predicted octanol–water partition coefficient (Wildman–Crippen LogP) is 2.30. The van der Waals surface area contributed by atoms with Gasteiger partial charge in [-0.2, -0.15) is 0 Å². The van der Waals surface area contributed by atoms with Crippen LogP contribution >= 0.6 is 22.1 Å². The molecule has 0 aliphatic carbocycles. The van der Waals surface area contributed by atoms with Crippen molar-refractivity contribution in [2.45, 2.75) is 18.4 Å². The Bertz CT molecular complexity index is 289. The monoisotopic (exact) mass is 202 g/mol. The molecule has 0 fully saturated rings. The minimum atomic E-state index is 0.287. The van der Waals surface area contributed by atoms with Crippen molar-refractivity contribution < 1.29 is 9.63 Å². The van der Waals surface area contributed by atoms with Crippen molar-refractivity contribution in [2.75, 3.05) is 0 Å². The summed E-state index contributed by atoms with van der Waals surface area (Å²) in [6.07, 6.45) is 0. The lowest BCUT2D eigenvalue weighted by atomic mass is 10.1. The lowest BCUT2D eigenvalue weighted by Crippen LogP contribution is -1.88. The fraction of sp³-hybridized carbons (Fsp3) is 0.250. The number of benzene rings is 1. The first-order chi connectivity index (χ1) is 5.65. The third-order valence-corrected chi connectivity index (χ3v) is 2.03. The van der Waals surface area contributed by atoms with Crippen LogP contribution in [-0.2, 0) is 11.1 Å². The van der Waals surface area contributed by atoms with E-state index in [-0.39, 0.29) is 5.75 Å². The summed E-state index contributed by atoms with van der Waals surface area (Å²) in [4.78, 5) is 0.836. The Morgan fingerprint density at radius 1 is 1.58 bits per heavy atom. The molecule has 0 heterocycles. The van der Waals surface area contributed by atoms with Crippen LogP contribution in [0.4, 0.5) is 0 Å². The molecule has 1 N–H and O–H groups in total. The number of hydrogen-bond acceptors (Lipinski definition) is 3. The normalized spacial score (nSPS) is 10.2. The second-order valence-electron chi connectivity index (χ2n) is 2.58. The van der Waals surface area contributed by atoms with E-state index in [9.17, 15) is 5.11 Å². The van der Waals surface area contributed by atoms with E-state index in [1.807, 2.05) is 13.0 Å². The van der Waals surface area contributed by atoms with Crippen molar-refractivity contribution in [3.63, 3.8) is 0 Å². The number of rotatable bonds is 2. The summed E-state index contributed by atoms with van der Waals surface area (Å²) in [6.45, 7) is 2.22. The summed E-state index contributed by atoms with van der Waals surface area (Å²) in [7, 11) is 2.15. The van der Waals surface area contributed by atoms with E-state index in [0.29, 0.717) is 6.61 Å². The molecule has 1 unspecified atom stereocenters.